The normalized spacial score (nSPS) is 14.3. The Morgan fingerprint density at radius 3 is 1.75 bits per heavy atom. The molecule has 12 rings (SSSR count). The summed E-state index contributed by atoms with van der Waals surface area (Å²) in [6.07, 6.45) is 2.11. The van der Waals surface area contributed by atoms with Crippen LogP contribution in [0.25, 0.3) is 99.1 Å². The molecule has 0 saturated heterocycles. The molecule has 4 heteroatoms. The van der Waals surface area contributed by atoms with E-state index in [1.165, 1.54) is 99.0 Å². The average Bonchev–Trinajstić information content (AvgIpc) is 3.85. The van der Waals surface area contributed by atoms with Gasteiger partial charge in [-0.1, -0.05) is 152 Å². The monoisotopic (exact) mass is 768 g/mol. The Morgan fingerprint density at radius 1 is 0.383 bits per heavy atom. The summed E-state index contributed by atoms with van der Waals surface area (Å²) >= 11 is 0. The second-order valence-corrected chi connectivity index (χ2v) is 15.8. The Bertz CT molecular complexity index is 3450. The minimum atomic E-state index is -0.143. The van der Waals surface area contributed by atoms with Crippen LogP contribution in [0.4, 0.5) is 0 Å². The number of hydrogen-bond donors (Lipinski definition) is 2. The Kier molecular flexibility index (Phi) is 8.03. The molecule has 2 aromatic heterocycles. The van der Waals surface area contributed by atoms with Gasteiger partial charge in [0.1, 0.15) is 0 Å². The van der Waals surface area contributed by atoms with Crippen LogP contribution in [-0.2, 0) is 0 Å². The molecule has 1 aliphatic rings. The van der Waals surface area contributed by atoms with Crippen LogP contribution in [0.2, 0.25) is 0 Å². The predicted molar refractivity (Wildman–Crippen MR) is 252 cm³/mol. The van der Waals surface area contributed by atoms with Crippen LogP contribution in [0, 0.1) is 0 Å². The van der Waals surface area contributed by atoms with E-state index in [9.17, 15) is 0 Å². The standard InChI is InChI=1S/C56H40N4/c1-3-12-37(13-4-1)41-15-11-16-44(34-41)50-32-33-57-56(58-50)60-53-30-28-43(36-49(53)55-46-19-8-7-14-40(46)26-31-54(55)60)39-24-22-38(23-25-39)42-27-29-52-48(35-42)47-20-9-10-21-51(47)59(52)45-17-5-2-6-18-45/h1-32,34-36,56-58H,33H2. The van der Waals surface area contributed by atoms with Gasteiger partial charge in [-0.05, 0) is 110 Å². The number of fused-ring (bicyclic) bond motifs is 8. The zero-order valence-electron chi connectivity index (χ0n) is 32.9. The zero-order chi connectivity index (χ0) is 39.6. The van der Waals surface area contributed by atoms with Crippen LogP contribution in [0.5, 0.6) is 0 Å². The lowest BCUT2D eigenvalue weighted by Gasteiger charge is -2.30. The fraction of sp³-hybridized carbons (Fsp3) is 0.0357. The highest BCUT2D eigenvalue weighted by Gasteiger charge is 2.23. The van der Waals surface area contributed by atoms with E-state index >= 15 is 0 Å². The summed E-state index contributed by atoms with van der Waals surface area (Å²) in [7, 11) is 0. The summed E-state index contributed by atoms with van der Waals surface area (Å²) in [5, 5.41) is 15.2. The van der Waals surface area contributed by atoms with Crippen molar-refractivity contribution in [3.05, 3.63) is 218 Å². The predicted octanol–water partition coefficient (Wildman–Crippen LogP) is 13.7. The molecule has 0 radical (unpaired) electrons. The van der Waals surface area contributed by atoms with Crippen molar-refractivity contribution in [3.8, 4) is 39.1 Å². The van der Waals surface area contributed by atoms with Gasteiger partial charge in [-0.2, -0.15) is 0 Å². The largest absolute Gasteiger partial charge is 0.352 e. The smallest absolute Gasteiger partial charge is 0.160 e. The van der Waals surface area contributed by atoms with Gasteiger partial charge in [-0.3, -0.25) is 5.32 Å². The van der Waals surface area contributed by atoms with Gasteiger partial charge in [-0.25, -0.2) is 0 Å². The molecule has 0 saturated carbocycles. The highest BCUT2D eigenvalue weighted by molar-refractivity contribution is 6.21. The minimum Gasteiger partial charge on any atom is -0.352 e. The van der Waals surface area contributed by atoms with E-state index in [0.29, 0.717) is 0 Å². The first-order chi connectivity index (χ1) is 29.7. The number of nitrogens with one attached hydrogen (secondary N) is 2. The molecule has 0 amide bonds. The number of benzene rings is 9. The summed E-state index contributed by atoms with van der Waals surface area (Å²) in [5.74, 6) is 0. The van der Waals surface area contributed by atoms with Crippen molar-refractivity contribution in [2.24, 2.45) is 0 Å². The van der Waals surface area contributed by atoms with Crippen LogP contribution in [0.15, 0.2) is 212 Å². The van der Waals surface area contributed by atoms with Crippen LogP contribution < -0.4 is 10.6 Å². The van der Waals surface area contributed by atoms with Gasteiger partial charge in [0.2, 0.25) is 0 Å². The fourth-order valence-corrected chi connectivity index (χ4v) is 9.52. The van der Waals surface area contributed by atoms with E-state index in [-0.39, 0.29) is 6.29 Å². The van der Waals surface area contributed by atoms with Gasteiger partial charge < -0.3 is 14.5 Å². The molecular weight excluding hydrogens is 729 g/mol. The molecule has 9 aromatic carbocycles. The van der Waals surface area contributed by atoms with E-state index in [1.54, 1.807) is 0 Å². The molecule has 1 atom stereocenters. The Labute approximate surface area is 348 Å². The van der Waals surface area contributed by atoms with Crippen molar-refractivity contribution < 1.29 is 0 Å². The van der Waals surface area contributed by atoms with Crippen molar-refractivity contribution in [1.29, 1.82) is 0 Å². The van der Waals surface area contributed by atoms with Crippen molar-refractivity contribution in [1.82, 2.24) is 19.8 Å². The highest BCUT2D eigenvalue weighted by atomic mass is 15.3. The second kappa shape index (κ2) is 14.0. The van der Waals surface area contributed by atoms with Gasteiger partial charge in [0.05, 0.1) is 22.1 Å². The molecule has 0 fully saturated rings. The van der Waals surface area contributed by atoms with E-state index in [2.05, 4.69) is 232 Å². The average molecular weight is 769 g/mol. The van der Waals surface area contributed by atoms with Crippen molar-refractivity contribution in [2.45, 2.75) is 6.29 Å². The third-order valence-electron chi connectivity index (χ3n) is 12.4. The maximum atomic E-state index is 3.89. The molecule has 0 aliphatic carbocycles. The Balaban J connectivity index is 0.921. The fourth-order valence-electron chi connectivity index (χ4n) is 9.52. The minimum absolute atomic E-state index is 0.143. The lowest BCUT2D eigenvalue weighted by atomic mass is 9.97. The van der Waals surface area contributed by atoms with Crippen LogP contribution in [-0.4, -0.2) is 15.7 Å². The maximum absolute atomic E-state index is 3.89. The van der Waals surface area contributed by atoms with Gasteiger partial charge >= 0.3 is 0 Å². The van der Waals surface area contributed by atoms with Crippen LogP contribution in [0.3, 0.4) is 0 Å². The summed E-state index contributed by atoms with van der Waals surface area (Å²) in [5.41, 5.74) is 15.5. The van der Waals surface area contributed by atoms with Gasteiger partial charge in [0.25, 0.3) is 0 Å². The molecule has 0 bridgehead atoms. The van der Waals surface area contributed by atoms with Gasteiger partial charge in [0.15, 0.2) is 6.29 Å². The molecule has 2 N–H and O–H groups in total. The second-order valence-electron chi connectivity index (χ2n) is 15.8. The number of para-hydroxylation sites is 2. The lowest BCUT2D eigenvalue weighted by Crippen LogP contribution is -2.41. The van der Waals surface area contributed by atoms with Crippen LogP contribution in [0.1, 0.15) is 11.9 Å². The van der Waals surface area contributed by atoms with Crippen molar-refractivity contribution in [2.75, 3.05) is 6.54 Å². The zero-order valence-corrected chi connectivity index (χ0v) is 32.9. The summed E-state index contributed by atoms with van der Waals surface area (Å²) in [4.78, 5) is 0. The summed E-state index contributed by atoms with van der Waals surface area (Å²) < 4.78 is 4.82. The van der Waals surface area contributed by atoms with Gasteiger partial charge in [-0.15, -0.1) is 0 Å². The summed E-state index contributed by atoms with van der Waals surface area (Å²) in [6.45, 7) is 0.754. The molecule has 1 unspecified atom stereocenters. The maximum Gasteiger partial charge on any atom is 0.160 e. The Morgan fingerprint density at radius 2 is 0.950 bits per heavy atom. The van der Waals surface area contributed by atoms with Crippen molar-refractivity contribution in [3.63, 3.8) is 0 Å². The Hall–Kier alpha value is -7.66. The number of rotatable bonds is 6. The summed E-state index contributed by atoms with van der Waals surface area (Å²) in [6, 6.07) is 75.1. The molecular formula is C56H40N4. The third-order valence-corrected chi connectivity index (χ3v) is 12.4. The quantitative estimate of drug-likeness (QED) is 0.177. The number of hydrogen-bond acceptors (Lipinski definition) is 2. The third kappa shape index (κ3) is 5.65. The van der Waals surface area contributed by atoms with Crippen LogP contribution >= 0.6 is 0 Å². The first-order valence-electron chi connectivity index (χ1n) is 20.8. The first kappa shape index (κ1) is 34.4. The topological polar surface area (TPSA) is 33.9 Å². The van der Waals surface area contributed by atoms with Gasteiger partial charge in [0, 0.05) is 39.5 Å². The SMILES string of the molecule is C1=C(c2cccc(-c3ccccc3)c2)NC(n2c3ccc(-c4ccc(-c5ccc6c(c5)c5ccccc5n6-c5ccccc5)cc4)cc3c3c4ccccc4ccc32)NC1. The molecule has 1 aliphatic heterocycles. The molecule has 60 heavy (non-hydrogen) atoms. The lowest BCUT2D eigenvalue weighted by molar-refractivity contribution is 0.395. The van der Waals surface area contributed by atoms with E-state index < -0.39 is 0 Å². The highest BCUT2D eigenvalue weighted by Crippen LogP contribution is 2.40. The first-order valence-corrected chi connectivity index (χ1v) is 20.8. The van der Waals surface area contributed by atoms with E-state index in [0.717, 1.165) is 12.2 Å². The van der Waals surface area contributed by atoms with Crippen molar-refractivity contribution >= 4 is 60.1 Å². The molecule has 284 valence electrons. The molecule has 0 spiro atoms. The molecule has 3 heterocycles. The van der Waals surface area contributed by atoms with E-state index in [4.69, 9.17) is 0 Å². The van der Waals surface area contributed by atoms with E-state index in [1.807, 2.05) is 0 Å². The molecule has 11 aromatic rings. The molecule has 4 nitrogen and oxygen atoms in total. The number of nitrogens with zero attached hydrogens (tertiary/aromatic N) is 2. The number of aromatic nitrogens is 2.